The molecule has 0 unspecified atom stereocenters. The predicted octanol–water partition coefficient (Wildman–Crippen LogP) is 2.92. The molecule has 2 fully saturated rings. The second kappa shape index (κ2) is 5.99. The van der Waals surface area contributed by atoms with Gasteiger partial charge in [0.15, 0.2) is 0 Å². The highest BCUT2D eigenvalue weighted by Crippen LogP contribution is 2.34. The molecular weight excluding hydrogens is 312 g/mol. The minimum atomic E-state index is -2.65. The second-order valence-electron chi connectivity index (χ2n) is 6.02. The molecule has 2 aliphatic heterocycles. The van der Waals surface area contributed by atoms with E-state index < -0.39 is 5.92 Å². The summed E-state index contributed by atoms with van der Waals surface area (Å²) in [5.41, 5.74) is 1.02. The molecule has 1 aromatic rings. The normalized spacial score (nSPS) is 22.1. The van der Waals surface area contributed by atoms with Gasteiger partial charge in [0.25, 0.3) is 5.92 Å². The molecule has 2 aliphatic rings. The molecule has 0 bridgehead atoms. The van der Waals surface area contributed by atoms with Crippen molar-refractivity contribution in [2.24, 2.45) is 0 Å². The Morgan fingerprint density at radius 2 is 2.00 bits per heavy atom. The Hall–Kier alpha value is -1.43. The summed E-state index contributed by atoms with van der Waals surface area (Å²) in [7, 11) is 0. The number of likely N-dealkylation sites (tertiary alicyclic amines) is 1. The minimum Gasteiger partial charge on any atom is -0.350 e. The summed E-state index contributed by atoms with van der Waals surface area (Å²) in [4.78, 5) is 18.3. The van der Waals surface area contributed by atoms with Crippen LogP contribution in [0.3, 0.4) is 0 Å². The van der Waals surface area contributed by atoms with Gasteiger partial charge in [-0.1, -0.05) is 11.6 Å². The molecular formula is C15H18ClF2N3O. The standard InChI is InChI=1S/C15H18ClF2N3O/c16-13-7-12(11-1-4-20(10-22)5-2-11)8-14(19-13)21-6-3-15(17,18)9-21/h7-8,10-11H,1-6,9H2. The molecule has 0 saturated carbocycles. The fourth-order valence-corrected chi connectivity index (χ4v) is 3.38. The van der Waals surface area contributed by atoms with Crippen LogP contribution in [0, 0.1) is 0 Å². The summed E-state index contributed by atoms with van der Waals surface area (Å²) in [6.45, 7) is 1.42. The monoisotopic (exact) mass is 329 g/mol. The van der Waals surface area contributed by atoms with Crippen molar-refractivity contribution in [3.05, 3.63) is 22.8 Å². The van der Waals surface area contributed by atoms with Crippen LogP contribution in [-0.4, -0.2) is 48.4 Å². The SMILES string of the molecule is O=CN1CCC(c2cc(Cl)nc(N3CCC(F)(F)C3)c2)CC1. The first-order valence-corrected chi connectivity index (χ1v) is 7.84. The number of nitrogens with zero attached hydrogens (tertiary/aromatic N) is 3. The molecule has 0 N–H and O–H groups in total. The highest BCUT2D eigenvalue weighted by molar-refractivity contribution is 6.29. The molecule has 0 radical (unpaired) electrons. The lowest BCUT2D eigenvalue weighted by molar-refractivity contribution is -0.119. The van der Waals surface area contributed by atoms with Crippen molar-refractivity contribution in [2.75, 3.05) is 31.1 Å². The maximum absolute atomic E-state index is 13.4. The number of aromatic nitrogens is 1. The summed E-state index contributed by atoms with van der Waals surface area (Å²) in [5, 5.41) is 0.334. The molecule has 2 saturated heterocycles. The Kier molecular flexibility index (Phi) is 4.21. The highest BCUT2D eigenvalue weighted by atomic mass is 35.5. The third-order valence-electron chi connectivity index (χ3n) is 4.45. The van der Waals surface area contributed by atoms with Crippen LogP contribution in [0.25, 0.3) is 0 Å². The Labute approximate surface area is 133 Å². The van der Waals surface area contributed by atoms with Gasteiger partial charge in [-0.15, -0.1) is 0 Å². The summed E-state index contributed by atoms with van der Waals surface area (Å²) in [6, 6.07) is 3.68. The molecule has 0 aromatic carbocycles. The minimum absolute atomic E-state index is 0.145. The predicted molar refractivity (Wildman–Crippen MR) is 80.6 cm³/mol. The van der Waals surface area contributed by atoms with Gasteiger partial charge in [0.1, 0.15) is 11.0 Å². The summed E-state index contributed by atoms with van der Waals surface area (Å²) in [5.74, 6) is -1.84. The van der Waals surface area contributed by atoms with E-state index >= 15 is 0 Å². The van der Waals surface area contributed by atoms with E-state index in [-0.39, 0.29) is 13.0 Å². The van der Waals surface area contributed by atoms with Crippen LogP contribution in [0.15, 0.2) is 12.1 Å². The molecule has 120 valence electrons. The van der Waals surface area contributed by atoms with E-state index in [0.717, 1.165) is 24.8 Å². The number of piperidine rings is 1. The number of amides is 1. The van der Waals surface area contributed by atoms with E-state index in [0.29, 0.717) is 36.5 Å². The first kappa shape index (κ1) is 15.5. The highest BCUT2D eigenvalue weighted by Gasteiger charge is 2.39. The number of halogens is 3. The average Bonchev–Trinajstić information content (AvgIpc) is 2.87. The molecule has 7 heteroatoms. The Bertz CT molecular complexity index is 562. The second-order valence-corrected chi connectivity index (χ2v) is 6.41. The lowest BCUT2D eigenvalue weighted by Gasteiger charge is -2.30. The molecule has 4 nitrogen and oxygen atoms in total. The van der Waals surface area contributed by atoms with E-state index in [9.17, 15) is 13.6 Å². The van der Waals surface area contributed by atoms with Crippen LogP contribution in [0.1, 0.15) is 30.7 Å². The van der Waals surface area contributed by atoms with Crippen LogP contribution in [0.4, 0.5) is 14.6 Å². The molecule has 0 spiro atoms. The summed E-state index contributed by atoms with van der Waals surface area (Å²) in [6.07, 6.45) is 2.44. The molecule has 22 heavy (non-hydrogen) atoms. The third kappa shape index (κ3) is 3.32. The Morgan fingerprint density at radius 3 is 2.59 bits per heavy atom. The van der Waals surface area contributed by atoms with Crippen LogP contribution in [-0.2, 0) is 4.79 Å². The summed E-state index contributed by atoms with van der Waals surface area (Å²) < 4.78 is 26.8. The largest absolute Gasteiger partial charge is 0.350 e. The van der Waals surface area contributed by atoms with Gasteiger partial charge in [-0.2, -0.15) is 0 Å². The lowest BCUT2D eigenvalue weighted by Crippen LogP contribution is -2.31. The van der Waals surface area contributed by atoms with Gasteiger partial charge in [-0.05, 0) is 36.5 Å². The molecule has 1 aromatic heterocycles. The van der Waals surface area contributed by atoms with Crippen LogP contribution in [0.5, 0.6) is 0 Å². The number of pyridine rings is 1. The van der Waals surface area contributed by atoms with Crippen molar-refractivity contribution in [1.82, 2.24) is 9.88 Å². The van der Waals surface area contributed by atoms with E-state index in [4.69, 9.17) is 11.6 Å². The van der Waals surface area contributed by atoms with Gasteiger partial charge in [-0.25, -0.2) is 13.8 Å². The van der Waals surface area contributed by atoms with Gasteiger partial charge < -0.3 is 9.80 Å². The molecule has 0 aliphatic carbocycles. The molecule has 0 atom stereocenters. The zero-order chi connectivity index (χ0) is 15.7. The lowest BCUT2D eigenvalue weighted by atomic mass is 9.90. The first-order chi connectivity index (χ1) is 10.5. The number of anilines is 1. The number of rotatable bonds is 3. The zero-order valence-corrected chi connectivity index (χ0v) is 12.9. The fraction of sp³-hybridized carbons (Fsp3) is 0.600. The van der Waals surface area contributed by atoms with Crippen molar-refractivity contribution in [3.63, 3.8) is 0 Å². The average molecular weight is 330 g/mol. The van der Waals surface area contributed by atoms with Gasteiger partial charge in [0.2, 0.25) is 6.41 Å². The van der Waals surface area contributed by atoms with Gasteiger partial charge in [0.05, 0.1) is 6.54 Å². The number of carbonyl (C=O) groups excluding carboxylic acids is 1. The number of hydrogen-bond donors (Lipinski definition) is 0. The van der Waals surface area contributed by atoms with E-state index in [2.05, 4.69) is 4.98 Å². The van der Waals surface area contributed by atoms with Crippen molar-refractivity contribution < 1.29 is 13.6 Å². The Morgan fingerprint density at radius 1 is 1.27 bits per heavy atom. The van der Waals surface area contributed by atoms with Crippen molar-refractivity contribution >= 4 is 23.8 Å². The van der Waals surface area contributed by atoms with Crippen molar-refractivity contribution in [3.8, 4) is 0 Å². The van der Waals surface area contributed by atoms with E-state index in [1.807, 2.05) is 6.07 Å². The van der Waals surface area contributed by atoms with Crippen LogP contribution in [0.2, 0.25) is 5.15 Å². The van der Waals surface area contributed by atoms with E-state index in [1.54, 1.807) is 15.9 Å². The number of carbonyl (C=O) groups is 1. The first-order valence-electron chi connectivity index (χ1n) is 7.46. The Balaban J connectivity index is 1.77. The van der Waals surface area contributed by atoms with Gasteiger partial charge in [0, 0.05) is 26.1 Å². The molecule has 3 rings (SSSR count). The summed E-state index contributed by atoms with van der Waals surface area (Å²) >= 11 is 6.08. The fourth-order valence-electron chi connectivity index (χ4n) is 3.17. The van der Waals surface area contributed by atoms with Crippen LogP contribution >= 0.6 is 11.6 Å². The van der Waals surface area contributed by atoms with Crippen molar-refractivity contribution in [2.45, 2.75) is 31.1 Å². The van der Waals surface area contributed by atoms with Crippen LogP contribution < -0.4 is 4.90 Å². The van der Waals surface area contributed by atoms with Crippen molar-refractivity contribution in [1.29, 1.82) is 0 Å². The third-order valence-corrected chi connectivity index (χ3v) is 4.64. The smallest absolute Gasteiger partial charge is 0.266 e. The molecule has 3 heterocycles. The van der Waals surface area contributed by atoms with Gasteiger partial charge in [-0.3, -0.25) is 4.79 Å². The zero-order valence-electron chi connectivity index (χ0n) is 12.1. The topological polar surface area (TPSA) is 36.4 Å². The molecule has 1 amide bonds. The maximum atomic E-state index is 13.4. The van der Waals surface area contributed by atoms with Gasteiger partial charge >= 0.3 is 0 Å². The number of alkyl halides is 2. The van der Waals surface area contributed by atoms with E-state index in [1.165, 1.54) is 0 Å². The maximum Gasteiger partial charge on any atom is 0.266 e. The quantitative estimate of drug-likeness (QED) is 0.632. The number of hydrogen-bond acceptors (Lipinski definition) is 3.